The molecule has 34 heavy (non-hydrogen) atoms. The van der Waals surface area contributed by atoms with Gasteiger partial charge >= 0.3 is 0 Å². The second-order valence-corrected chi connectivity index (χ2v) is 8.69. The number of oxazole rings is 1. The van der Waals surface area contributed by atoms with Crippen LogP contribution >= 0.6 is 0 Å². The standard InChI is InChI=1S/C28H28N4O2/c1-20-18-22(12-13-25(20)32-16-14-31(2)15-17-32)30-27(33)23-10-6-7-11-24(23)28-29-19-26(34-28)21-8-4-3-5-9-21/h3-13,18-19H,14-17H2,1-2H3,(H,30,33). The highest BCUT2D eigenvalue weighted by atomic mass is 16.4. The number of nitrogens with zero attached hydrogens (tertiary/aromatic N) is 3. The van der Waals surface area contributed by atoms with Gasteiger partial charge in [0.25, 0.3) is 5.91 Å². The normalized spacial score (nSPS) is 14.2. The number of piperazine rings is 1. The van der Waals surface area contributed by atoms with E-state index in [0.717, 1.165) is 43.0 Å². The molecule has 1 aromatic heterocycles. The Morgan fingerprint density at radius 1 is 0.941 bits per heavy atom. The Labute approximate surface area is 199 Å². The van der Waals surface area contributed by atoms with Crippen LogP contribution in [0.1, 0.15) is 15.9 Å². The van der Waals surface area contributed by atoms with Gasteiger partial charge in [0.05, 0.1) is 11.8 Å². The molecular weight excluding hydrogens is 424 g/mol. The van der Waals surface area contributed by atoms with Crippen molar-refractivity contribution in [2.75, 3.05) is 43.4 Å². The molecule has 1 aliphatic heterocycles. The quantitative estimate of drug-likeness (QED) is 0.444. The van der Waals surface area contributed by atoms with Gasteiger partial charge < -0.3 is 19.5 Å². The van der Waals surface area contributed by atoms with Gasteiger partial charge in [0.1, 0.15) is 0 Å². The molecule has 0 aliphatic carbocycles. The fraction of sp³-hybridized carbons (Fsp3) is 0.214. The first-order valence-electron chi connectivity index (χ1n) is 11.5. The summed E-state index contributed by atoms with van der Waals surface area (Å²) in [5, 5.41) is 3.05. The van der Waals surface area contributed by atoms with Crippen LogP contribution in [0.2, 0.25) is 0 Å². The molecule has 1 amide bonds. The Morgan fingerprint density at radius 3 is 2.44 bits per heavy atom. The predicted molar refractivity (Wildman–Crippen MR) is 136 cm³/mol. The highest BCUT2D eigenvalue weighted by molar-refractivity contribution is 6.08. The van der Waals surface area contributed by atoms with Crippen molar-refractivity contribution in [3.8, 4) is 22.8 Å². The van der Waals surface area contributed by atoms with Crippen molar-refractivity contribution in [3.63, 3.8) is 0 Å². The number of benzene rings is 3. The van der Waals surface area contributed by atoms with E-state index >= 15 is 0 Å². The molecule has 0 unspecified atom stereocenters. The number of rotatable bonds is 5. The fourth-order valence-electron chi connectivity index (χ4n) is 4.34. The summed E-state index contributed by atoms with van der Waals surface area (Å²) in [5.41, 5.74) is 5.26. The van der Waals surface area contributed by atoms with Crippen molar-refractivity contribution in [2.24, 2.45) is 0 Å². The summed E-state index contributed by atoms with van der Waals surface area (Å²) in [6.45, 7) is 6.23. The maximum atomic E-state index is 13.2. The Balaban J connectivity index is 1.35. The number of anilines is 2. The summed E-state index contributed by atoms with van der Waals surface area (Å²) < 4.78 is 6.01. The van der Waals surface area contributed by atoms with E-state index in [4.69, 9.17) is 4.42 Å². The minimum Gasteiger partial charge on any atom is -0.436 e. The smallest absolute Gasteiger partial charge is 0.256 e. The zero-order chi connectivity index (χ0) is 23.5. The predicted octanol–water partition coefficient (Wildman–Crippen LogP) is 5.32. The van der Waals surface area contributed by atoms with Crippen LogP contribution in [-0.2, 0) is 0 Å². The third kappa shape index (κ3) is 4.58. The van der Waals surface area contributed by atoms with Crippen LogP contribution in [0, 0.1) is 6.92 Å². The molecule has 0 spiro atoms. The summed E-state index contributed by atoms with van der Waals surface area (Å²) in [6, 6.07) is 23.3. The SMILES string of the molecule is Cc1cc(NC(=O)c2ccccc2-c2ncc(-c3ccccc3)o2)ccc1N1CCN(C)CC1. The maximum Gasteiger partial charge on any atom is 0.256 e. The molecule has 6 heteroatoms. The Morgan fingerprint density at radius 2 is 1.68 bits per heavy atom. The van der Waals surface area contributed by atoms with Gasteiger partial charge in [-0.25, -0.2) is 4.98 Å². The van der Waals surface area contributed by atoms with E-state index in [1.165, 1.54) is 5.69 Å². The molecule has 172 valence electrons. The fourth-order valence-corrected chi connectivity index (χ4v) is 4.34. The number of hydrogen-bond donors (Lipinski definition) is 1. The van der Waals surface area contributed by atoms with Crippen molar-refractivity contribution >= 4 is 17.3 Å². The molecule has 1 N–H and O–H groups in total. The van der Waals surface area contributed by atoms with Gasteiger partial charge in [-0.05, 0) is 49.9 Å². The van der Waals surface area contributed by atoms with Crippen molar-refractivity contribution in [3.05, 3.63) is 90.1 Å². The molecule has 6 nitrogen and oxygen atoms in total. The zero-order valence-electron chi connectivity index (χ0n) is 19.5. The summed E-state index contributed by atoms with van der Waals surface area (Å²) in [6.07, 6.45) is 1.69. The molecule has 1 fully saturated rings. The van der Waals surface area contributed by atoms with E-state index in [2.05, 4.69) is 40.1 Å². The minimum absolute atomic E-state index is 0.193. The number of likely N-dealkylation sites (N-methyl/N-ethyl adjacent to an activating group) is 1. The average molecular weight is 453 g/mol. The zero-order valence-corrected chi connectivity index (χ0v) is 19.5. The van der Waals surface area contributed by atoms with Crippen LogP contribution < -0.4 is 10.2 Å². The third-order valence-electron chi connectivity index (χ3n) is 6.26. The minimum atomic E-state index is -0.193. The number of carbonyl (C=O) groups excluding carboxylic acids is 1. The summed E-state index contributed by atoms with van der Waals surface area (Å²) in [7, 11) is 2.15. The summed E-state index contributed by atoms with van der Waals surface area (Å²) in [5.74, 6) is 0.897. The Hall–Kier alpha value is -3.90. The largest absolute Gasteiger partial charge is 0.436 e. The second kappa shape index (κ2) is 9.53. The molecule has 4 aromatic rings. The molecule has 1 aliphatic rings. The van der Waals surface area contributed by atoms with Crippen LogP contribution in [0.4, 0.5) is 11.4 Å². The highest BCUT2D eigenvalue weighted by Crippen LogP contribution is 2.29. The third-order valence-corrected chi connectivity index (χ3v) is 6.26. The van der Waals surface area contributed by atoms with E-state index in [-0.39, 0.29) is 5.91 Å². The number of aromatic nitrogens is 1. The molecule has 0 saturated carbocycles. The topological polar surface area (TPSA) is 61.6 Å². The molecule has 1 saturated heterocycles. The Bertz CT molecular complexity index is 1290. The lowest BCUT2D eigenvalue weighted by atomic mass is 10.1. The van der Waals surface area contributed by atoms with Crippen LogP contribution in [0.5, 0.6) is 0 Å². The number of carbonyl (C=O) groups is 1. The van der Waals surface area contributed by atoms with Crippen molar-refractivity contribution < 1.29 is 9.21 Å². The lowest BCUT2D eigenvalue weighted by Crippen LogP contribution is -2.44. The number of hydrogen-bond acceptors (Lipinski definition) is 5. The van der Waals surface area contributed by atoms with Crippen LogP contribution in [-0.4, -0.2) is 49.0 Å². The first kappa shape index (κ1) is 21.9. The van der Waals surface area contributed by atoms with E-state index < -0.39 is 0 Å². The van der Waals surface area contributed by atoms with E-state index in [1.54, 1.807) is 12.3 Å². The Kier molecular flexibility index (Phi) is 6.14. The van der Waals surface area contributed by atoms with Gasteiger partial charge in [-0.3, -0.25) is 4.79 Å². The number of aryl methyl sites for hydroxylation is 1. The summed E-state index contributed by atoms with van der Waals surface area (Å²) in [4.78, 5) is 22.4. The highest BCUT2D eigenvalue weighted by Gasteiger charge is 2.19. The van der Waals surface area contributed by atoms with E-state index in [1.807, 2.05) is 60.7 Å². The van der Waals surface area contributed by atoms with Crippen molar-refractivity contribution in [1.82, 2.24) is 9.88 Å². The molecular formula is C28H28N4O2. The number of amides is 1. The molecule has 2 heterocycles. The summed E-state index contributed by atoms with van der Waals surface area (Å²) >= 11 is 0. The van der Waals surface area contributed by atoms with Gasteiger partial charge in [0.15, 0.2) is 5.76 Å². The molecule has 0 bridgehead atoms. The number of nitrogens with one attached hydrogen (secondary N) is 1. The first-order valence-corrected chi connectivity index (χ1v) is 11.5. The van der Waals surface area contributed by atoms with Gasteiger partial charge in [0, 0.05) is 48.7 Å². The maximum absolute atomic E-state index is 13.2. The molecule has 3 aromatic carbocycles. The van der Waals surface area contributed by atoms with Crippen LogP contribution in [0.3, 0.4) is 0 Å². The van der Waals surface area contributed by atoms with Crippen molar-refractivity contribution in [1.29, 1.82) is 0 Å². The van der Waals surface area contributed by atoms with E-state index in [0.29, 0.717) is 22.8 Å². The van der Waals surface area contributed by atoms with Gasteiger partial charge in [0.2, 0.25) is 5.89 Å². The lowest BCUT2D eigenvalue weighted by molar-refractivity contribution is 0.102. The van der Waals surface area contributed by atoms with Crippen LogP contribution in [0.25, 0.3) is 22.8 Å². The second-order valence-electron chi connectivity index (χ2n) is 8.69. The van der Waals surface area contributed by atoms with Crippen LogP contribution in [0.15, 0.2) is 83.4 Å². The monoisotopic (exact) mass is 452 g/mol. The van der Waals surface area contributed by atoms with E-state index in [9.17, 15) is 4.79 Å². The van der Waals surface area contributed by atoms with Crippen molar-refractivity contribution in [2.45, 2.75) is 6.92 Å². The molecule has 0 atom stereocenters. The van der Waals surface area contributed by atoms with Gasteiger partial charge in [-0.1, -0.05) is 42.5 Å². The average Bonchev–Trinajstić information content (AvgIpc) is 3.36. The molecule has 5 rings (SSSR count). The molecule has 0 radical (unpaired) electrons. The van der Waals surface area contributed by atoms with Gasteiger partial charge in [-0.2, -0.15) is 0 Å². The first-order chi connectivity index (χ1) is 16.6. The lowest BCUT2D eigenvalue weighted by Gasteiger charge is -2.35. The van der Waals surface area contributed by atoms with Gasteiger partial charge in [-0.15, -0.1) is 0 Å².